The van der Waals surface area contributed by atoms with E-state index >= 15 is 0 Å². The Kier molecular flexibility index (Phi) is 6.21. The lowest BCUT2D eigenvalue weighted by Gasteiger charge is -2.32. The second-order valence-corrected chi connectivity index (χ2v) is 9.92. The lowest BCUT2D eigenvalue weighted by atomic mass is 9.95. The van der Waals surface area contributed by atoms with E-state index in [1.807, 2.05) is 28.5 Å². The smallest absolute Gasteiger partial charge is 0.257 e. The summed E-state index contributed by atoms with van der Waals surface area (Å²) in [6.45, 7) is 2.06. The van der Waals surface area contributed by atoms with Crippen LogP contribution in [0.1, 0.15) is 45.1 Å². The number of likely N-dealkylation sites (tertiary alicyclic amines) is 1. The first-order chi connectivity index (χ1) is 15.7. The van der Waals surface area contributed by atoms with E-state index in [4.69, 9.17) is 0 Å². The number of nitrogens with zero attached hydrogens (tertiary/aromatic N) is 2. The van der Waals surface area contributed by atoms with Crippen LogP contribution in [0.15, 0.2) is 59.4 Å². The maximum atomic E-state index is 13.5. The summed E-state index contributed by atoms with van der Waals surface area (Å²) in [4.78, 5) is 21.5. The Balaban J connectivity index is 1.41. The van der Waals surface area contributed by atoms with Gasteiger partial charge in [-0.3, -0.25) is 9.78 Å². The summed E-state index contributed by atoms with van der Waals surface area (Å²) in [6.07, 6.45) is 3.65. The van der Waals surface area contributed by atoms with Crippen LogP contribution in [-0.2, 0) is 13.2 Å². The molecule has 5 nitrogen and oxygen atoms in total. The molecule has 1 fully saturated rings. The van der Waals surface area contributed by atoms with Crippen molar-refractivity contribution in [3.8, 4) is 0 Å². The summed E-state index contributed by atoms with van der Waals surface area (Å²) in [5.74, 6) is 0.568. The van der Waals surface area contributed by atoms with Crippen molar-refractivity contribution in [1.29, 1.82) is 0 Å². The van der Waals surface area contributed by atoms with Crippen LogP contribution >= 0.6 is 22.7 Å². The number of rotatable bonds is 6. The van der Waals surface area contributed by atoms with Gasteiger partial charge in [0, 0.05) is 36.3 Å². The SMILES string of the molecule is O=C(c1cnc2c(CO)csc2c1NCc1ccccc1)N1CCC(c2cccs2)CC1. The molecule has 1 aliphatic heterocycles. The van der Waals surface area contributed by atoms with Crippen LogP contribution in [0.3, 0.4) is 0 Å². The standard InChI is InChI=1S/C25H25N3O2S2/c29-15-19-16-32-24-22(19)27-14-20(23(24)26-13-17-5-2-1-3-6-17)25(30)28-10-8-18(9-11-28)21-7-4-12-31-21/h1-7,12,14,16,18,29H,8-11,13,15H2,(H,26,27). The van der Waals surface area contributed by atoms with Crippen LogP contribution in [0, 0.1) is 0 Å². The molecular weight excluding hydrogens is 438 g/mol. The second-order valence-electron chi connectivity index (χ2n) is 8.06. The van der Waals surface area contributed by atoms with Crippen molar-refractivity contribution in [1.82, 2.24) is 9.88 Å². The van der Waals surface area contributed by atoms with Crippen molar-refractivity contribution in [2.45, 2.75) is 31.9 Å². The zero-order valence-corrected chi connectivity index (χ0v) is 19.3. The average molecular weight is 464 g/mol. The molecule has 2 N–H and O–H groups in total. The van der Waals surface area contributed by atoms with Gasteiger partial charge in [0.25, 0.3) is 5.91 Å². The number of anilines is 1. The van der Waals surface area contributed by atoms with E-state index in [1.54, 1.807) is 17.5 Å². The fraction of sp³-hybridized carbons (Fsp3) is 0.280. The van der Waals surface area contributed by atoms with E-state index in [-0.39, 0.29) is 12.5 Å². The van der Waals surface area contributed by atoms with Crippen molar-refractivity contribution >= 4 is 44.5 Å². The van der Waals surface area contributed by atoms with Gasteiger partial charge in [0.1, 0.15) is 0 Å². The third-order valence-electron chi connectivity index (χ3n) is 6.10. The van der Waals surface area contributed by atoms with E-state index in [0.717, 1.165) is 53.0 Å². The average Bonchev–Trinajstić information content (AvgIpc) is 3.53. The Labute approximate surface area is 195 Å². The van der Waals surface area contributed by atoms with Crippen molar-refractivity contribution < 1.29 is 9.90 Å². The van der Waals surface area contributed by atoms with Crippen LogP contribution in [0.2, 0.25) is 0 Å². The normalized spacial score (nSPS) is 14.7. The quantitative estimate of drug-likeness (QED) is 0.397. The number of hydrogen-bond acceptors (Lipinski definition) is 6. The molecule has 0 radical (unpaired) electrons. The number of carbonyl (C=O) groups excluding carboxylic acids is 1. The molecule has 4 aromatic rings. The number of aliphatic hydroxyl groups is 1. The van der Waals surface area contributed by atoms with Crippen LogP contribution in [-0.4, -0.2) is 34.0 Å². The summed E-state index contributed by atoms with van der Waals surface area (Å²) in [6, 6.07) is 14.5. The van der Waals surface area contributed by atoms with E-state index < -0.39 is 0 Å². The largest absolute Gasteiger partial charge is 0.392 e. The van der Waals surface area contributed by atoms with Crippen molar-refractivity contribution in [3.05, 3.63) is 81.0 Å². The molecule has 0 atom stereocenters. The second kappa shape index (κ2) is 9.40. The first kappa shape index (κ1) is 21.1. The van der Waals surface area contributed by atoms with E-state index in [9.17, 15) is 9.90 Å². The van der Waals surface area contributed by atoms with Gasteiger partial charge >= 0.3 is 0 Å². The molecule has 1 amide bonds. The van der Waals surface area contributed by atoms with Crippen LogP contribution in [0.5, 0.6) is 0 Å². The third-order valence-corrected chi connectivity index (χ3v) is 8.17. The van der Waals surface area contributed by atoms with Gasteiger partial charge in [-0.05, 0) is 41.1 Å². The summed E-state index contributed by atoms with van der Waals surface area (Å²) in [5.41, 5.74) is 4.12. The minimum absolute atomic E-state index is 0.0264. The van der Waals surface area contributed by atoms with Gasteiger partial charge in [-0.15, -0.1) is 22.7 Å². The lowest BCUT2D eigenvalue weighted by Crippen LogP contribution is -2.38. The minimum atomic E-state index is -0.0609. The molecule has 4 heterocycles. The number of carbonyl (C=O) groups is 1. The highest BCUT2D eigenvalue weighted by Crippen LogP contribution is 2.36. The zero-order valence-electron chi connectivity index (χ0n) is 17.7. The molecule has 1 saturated heterocycles. The first-order valence-corrected chi connectivity index (χ1v) is 12.6. The Bertz CT molecular complexity index is 1200. The molecular formula is C25H25N3O2S2. The molecule has 32 heavy (non-hydrogen) atoms. The molecule has 3 aromatic heterocycles. The number of amides is 1. The van der Waals surface area contributed by atoms with Gasteiger partial charge < -0.3 is 15.3 Å². The predicted octanol–water partition coefficient (Wildman–Crippen LogP) is 5.48. The van der Waals surface area contributed by atoms with Crippen LogP contribution in [0.4, 0.5) is 5.69 Å². The number of fused-ring (bicyclic) bond motifs is 1. The van der Waals surface area contributed by atoms with Gasteiger partial charge in [0.05, 0.1) is 28.1 Å². The van der Waals surface area contributed by atoms with Crippen molar-refractivity contribution in [2.75, 3.05) is 18.4 Å². The van der Waals surface area contributed by atoms with Crippen molar-refractivity contribution in [3.63, 3.8) is 0 Å². The minimum Gasteiger partial charge on any atom is -0.392 e. The Morgan fingerprint density at radius 2 is 1.94 bits per heavy atom. The highest BCUT2D eigenvalue weighted by atomic mass is 32.1. The molecule has 0 aliphatic carbocycles. The first-order valence-electron chi connectivity index (χ1n) is 10.8. The maximum Gasteiger partial charge on any atom is 0.257 e. The number of hydrogen-bond donors (Lipinski definition) is 2. The molecule has 0 saturated carbocycles. The fourth-order valence-corrected chi connectivity index (χ4v) is 6.26. The molecule has 0 unspecified atom stereocenters. The van der Waals surface area contributed by atoms with E-state index in [1.165, 1.54) is 16.2 Å². The topological polar surface area (TPSA) is 65.5 Å². The Morgan fingerprint density at radius 1 is 1.12 bits per heavy atom. The highest BCUT2D eigenvalue weighted by Gasteiger charge is 2.27. The molecule has 0 bridgehead atoms. The Morgan fingerprint density at radius 3 is 2.66 bits per heavy atom. The number of aliphatic hydroxyl groups excluding tert-OH is 1. The summed E-state index contributed by atoms with van der Waals surface area (Å²) >= 11 is 3.33. The molecule has 1 aliphatic rings. The maximum absolute atomic E-state index is 13.5. The fourth-order valence-electron chi connectivity index (χ4n) is 4.32. The number of nitrogens with one attached hydrogen (secondary N) is 1. The molecule has 1 aromatic carbocycles. The third kappa shape index (κ3) is 4.16. The van der Waals surface area contributed by atoms with Gasteiger partial charge in [0.15, 0.2) is 0 Å². The predicted molar refractivity (Wildman–Crippen MR) is 132 cm³/mol. The van der Waals surface area contributed by atoms with Gasteiger partial charge in [0.2, 0.25) is 0 Å². The number of pyridine rings is 1. The molecule has 7 heteroatoms. The van der Waals surface area contributed by atoms with E-state index in [2.05, 4.69) is 39.9 Å². The summed E-state index contributed by atoms with van der Waals surface area (Å²) in [5, 5.41) is 17.2. The molecule has 0 spiro atoms. The number of benzene rings is 1. The number of piperidine rings is 1. The molecule has 164 valence electrons. The molecule has 5 rings (SSSR count). The zero-order chi connectivity index (χ0) is 21.9. The summed E-state index contributed by atoms with van der Waals surface area (Å²) in [7, 11) is 0. The number of aromatic nitrogens is 1. The van der Waals surface area contributed by atoms with Gasteiger partial charge in [-0.2, -0.15) is 0 Å². The van der Waals surface area contributed by atoms with Gasteiger partial charge in [-0.25, -0.2) is 0 Å². The van der Waals surface area contributed by atoms with Crippen LogP contribution in [0.25, 0.3) is 10.2 Å². The Hall–Kier alpha value is -2.74. The van der Waals surface area contributed by atoms with Crippen LogP contribution < -0.4 is 5.32 Å². The monoisotopic (exact) mass is 463 g/mol. The lowest BCUT2D eigenvalue weighted by molar-refractivity contribution is 0.0714. The number of thiophene rings is 2. The van der Waals surface area contributed by atoms with Crippen molar-refractivity contribution in [2.24, 2.45) is 0 Å². The van der Waals surface area contributed by atoms with E-state index in [0.29, 0.717) is 18.0 Å². The highest BCUT2D eigenvalue weighted by molar-refractivity contribution is 7.18. The van der Waals surface area contributed by atoms with Gasteiger partial charge in [-0.1, -0.05) is 36.4 Å². The summed E-state index contributed by atoms with van der Waals surface area (Å²) < 4.78 is 0.921.